The van der Waals surface area contributed by atoms with Gasteiger partial charge in [0.15, 0.2) is 0 Å². The number of carbonyl (C=O) groups is 2. The number of carbonyl (C=O) groups excluding carboxylic acids is 2. The van der Waals surface area contributed by atoms with Crippen LogP contribution in [0.5, 0.6) is 0 Å². The summed E-state index contributed by atoms with van der Waals surface area (Å²) in [5, 5.41) is 5.53. The molecule has 2 aliphatic rings. The first kappa shape index (κ1) is 15.0. The molecule has 2 fully saturated rings. The lowest BCUT2D eigenvalue weighted by Crippen LogP contribution is -2.66. The Morgan fingerprint density at radius 1 is 1.35 bits per heavy atom. The number of alkyl halides is 3. The molecule has 1 spiro atoms. The van der Waals surface area contributed by atoms with E-state index in [1.54, 1.807) is 0 Å². The first-order valence-electron chi connectivity index (χ1n) is 6.16. The van der Waals surface area contributed by atoms with E-state index in [9.17, 15) is 22.8 Å². The molecule has 1 unspecified atom stereocenters. The fraction of sp³-hybridized carbons (Fsp3) is 0.818. The SMILES string of the molecule is CC1(OC(=O)C(F)(F)F)OC2(CCNCC2)CNC1=O. The lowest BCUT2D eigenvalue weighted by molar-refractivity contribution is -0.289. The normalized spacial score (nSPS) is 29.9. The van der Waals surface area contributed by atoms with E-state index in [0.29, 0.717) is 25.9 Å². The summed E-state index contributed by atoms with van der Waals surface area (Å²) >= 11 is 0. The molecule has 0 aromatic heterocycles. The Morgan fingerprint density at radius 3 is 2.50 bits per heavy atom. The highest BCUT2D eigenvalue weighted by molar-refractivity contribution is 5.87. The van der Waals surface area contributed by atoms with Gasteiger partial charge in [-0.15, -0.1) is 0 Å². The van der Waals surface area contributed by atoms with Crippen molar-refractivity contribution in [1.29, 1.82) is 0 Å². The third-order valence-electron chi connectivity index (χ3n) is 3.43. The van der Waals surface area contributed by atoms with Crippen LogP contribution < -0.4 is 10.6 Å². The summed E-state index contributed by atoms with van der Waals surface area (Å²) in [5.41, 5.74) is -0.806. The van der Waals surface area contributed by atoms with Crippen LogP contribution in [0.15, 0.2) is 0 Å². The standard InChI is InChI=1S/C11H15F3N2O4/c1-9(19-8(18)11(12,13)14)7(17)16-6-10(20-9)2-4-15-5-3-10/h15H,2-6H2,1H3,(H,16,17). The summed E-state index contributed by atoms with van der Waals surface area (Å²) in [6, 6.07) is 0. The summed E-state index contributed by atoms with van der Waals surface area (Å²) in [7, 11) is 0. The van der Waals surface area contributed by atoms with Crippen LogP contribution >= 0.6 is 0 Å². The first-order valence-corrected chi connectivity index (χ1v) is 6.16. The van der Waals surface area contributed by atoms with Crippen LogP contribution in [0.4, 0.5) is 13.2 Å². The van der Waals surface area contributed by atoms with E-state index in [1.165, 1.54) is 0 Å². The zero-order valence-corrected chi connectivity index (χ0v) is 10.8. The minimum atomic E-state index is -5.18. The van der Waals surface area contributed by atoms with E-state index < -0.39 is 29.4 Å². The smallest absolute Gasteiger partial charge is 0.417 e. The van der Waals surface area contributed by atoms with Crippen LogP contribution in [0.25, 0.3) is 0 Å². The van der Waals surface area contributed by atoms with E-state index in [0.717, 1.165) is 6.92 Å². The van der Waals surface area contributed by atoms with Gasteiger partial charge in [0, 0.05) is 13.5 Å². The Hall–Kier alpha value is -1.35. The molecule has 2 rings (SSSR count). The summed E-state index contributed by atoms with van der Waals surface area (Å²) in [6.07, 6.45) is -4.16. The van der Waals surface area contributed by atoms with Crippen LogP contribution in [0.2, 0.25) is 0 Å². The number of esters is 1. The van der Waals surface area contributed by atoms with E-state index in [2.05, 4.69) is 15.4 Å². The molecule has 6 nitrogen and oxygen atoms in total. The van der Waals surface area contributed by atoms with Crippen LogP contribution in [0.1, 0.15) is 19.8 Å². The van der Waals surface area contributed by atoms with Gasteiger partial charge in [0.05, 0.1) is 5.60 Å². The monoisotopic (exact) mass is 296 g/mol. The molecular weight excluding hydrogens is 281 g/mol. The van der Waals surface area contributed by atoms with Crippen molar-refractivity contribution in [2.75, 3.05) is 19.6 Å². The fourth-order valence-corrected chi connectivity index (χ4v) is 2.36. The van der Waals surface area contributed by atoms with Gasteiger partial charge in [-0.1, -0.05) is 0 Å². The summed E-state index contributed by atoms with van der Waals surface area (Å²) in [6.45, 7) is 2.43. The molecule has 0 saturated carbocycles. The Bertz CT molecular complexity index is 420. The number of morpholine rings is 1. The van der Waals surface area contributed by atoms with Crippen LogP contribution in [0.3, 0.4) is 0 Å². The average Bonchev–Trinajstić information content (AvgIpc) is 2.34. The van der Waals surface area contributed by atoms with Crippen molar-refractivity contribution in [3.8, 4) is 0 Å². The second-order valence-electron chi connectivity index (χ2n) is 5.05. The highest BCUT2D eigenvalue weighted by Crippen LogP contribution is 2.34. The number of rotatable bonds is 1. The van der Waals surface area contributed by atoms with Crippen molar-refractivity contribution >= 4 is 11.9 Å². The highest BCUT2D eigenvalue weighted by Gasteiger charge is 2.54. The quantitative estimate of drug-likeness (QED) is 0.670. The van der Waals surface area contributed by atoms with Gasteiger partial charge in [0.25, 0.3) is 11.7 Å². The number of hydrogen-bond acceptors (Lipinski definition) is 5. The van der Waals surface area contributed by atoms with Gasteiger partial charge in [-0.3, -0.25) is 4.79 Å². The molecule has 0 aliphatic carbocycles. The van der Waals surface area contributed by atoms with E-state index in [-0.39, 0.29) is 6.54 Å². The molecule has 0 aromatic carbocycles. The maximum Gasteiger partial charge on any atom is 0.491 e. The zero-order chi connectivity index (χ0) is 15.0. The number of hydrogen-bond donors (Lipinski definition) is 2. The van der Waals surface area contributed by atoms with Gasteiger partial charge in [-0.25, -0.2) is 4.79 Å². The number of ether oxygens (including phenoxy) is 2. The van der Waals surface area contributed by atoms with Crippen LogP contribution in [-0.2, 0) is 19.1 Å². The molecular formula is C11H15F3N2O4. The topological polar surface area (TPSA) is 76.7 Å². The van der Waals surface area contributed by atoms with Crippen LogP contribution in [-0.4, -0.2) is 49.1 Å². The van der Waals surface area contributed by atoms with Crippen molar-refractivity contribution in [2.24, 2.45) is 0 Å². The molecule has 9 heteroatoms. The number of amides is 1. The van der Waals surface area contributed by atoms with Gasteiger partial charge in [0.1, 0.15) is 0 Å². The Balaban J connectivity index is 2.15. The van der Waals surface area contributed by atoms with Crippen molar-refractivity contribution in [3.63, 3.8) is 0 Å². The molecule has 2 aliphatic heterocycles. The third kappa shape index (κ3) is 2.88. The minimum Gasteiger partial charge on any atom is -0.417 e. The largest absolute Gasteiger partial charge is 0.491 e. The number of nitrogens with one attached hydrogen (secondary N) is 2. The molecule has 114 valence electrons. The summed E-state index contributed by atoms with van der Waals surface area (Å²) < 4.78 is 46.5. The number of halogens is 3. The molecule has 0 aromatic rings. The molecule has 20 heavy (non-hydrogen) atoms. The maximum absolute atomic E-state index is 12.3. The predicted molar refractivity (Wildman–Crippen MR) is 59.5 cm³/mol. The summed E-state index contributed by atoms with van der Waals surface area (Å²) in [5.74, 6) is -5.59. The lowest BCUT2D eigenvalue weighted by atomic mass is 9.90. The predicted octanol–water partition coefficient (Wildman–Crippen LogP) is 0.0767. The second kappa shape index (κ2) is 4.88. The van der Waals surface area contributed by atoms with Crippen LogP contribution in [0, 0.1) is 0 Å². The van der Waals surface area contributed by atoms with Gasteiger partial charge < -0.3 is 20.1 Å². The average molecular weight is 296 g/mol. The molecule has 1 amide bonds. The molecule has 2 heterocycles. The van der Waals surface area contributed by atoms with Crippen molar-refractivity contribution in [3.05, 3.63) is 0 Å². The third-order valence-corrected chi connectivity index (χ3v) is 3.43. The van der Waals surface area contributed by atoms with E-state index in [1.807, 2.05) is 0 Å². The molecule has 1 atom stereocenters. The Labute approximate surface area is 113 Å². The van der Waals surface area contributed by atoms with E-state index >= 15 is 0 Å². The number of piperidine rings is 1. The second-order valence-corrected chi connectivity index (χ2v) is 5.05. The van der Waals surface area contributed by atoms with Gasteiger partial charge in [0.2, 0.25) is 0 Å². The first-order chi connectivity index (χ1) is 9.17. The van der Waals surface area contributed by atoms with E-state index in [4.69, 9.17) is 4.74 Å². The molecule has 0 bridgehead atoms. The highest BCUT2D eigenvalue weighted by atomic mass is 19.4. The zero-order valence-electron chi connectivity index (χ0n) is 10.8. The minimum absolute atomic E-state index is 0.187. The molecule has 2 saturated heterocycles. The van der Waals surface area contributed by atoms with Crippen molar-refractivity contribution in [1.82, 2.24) is 10.6 Å². The van der Waals surface area contributed by atoms with Crippen molar-refractivity contribution in [2.45, 2.75) is 37.3 Å². The molecule has 0 radical (unpaired) electrons. The van der Waals surface area contributed by atoms with Gasteiger partial charge in [-0.05, 0) is 25.9 Å². The summed E-state index contributed by atoms with van der Waals surface area (Å²) in [4.78, 5) is 22.6. The van der Waals surface area contributed by atoms with Gasteiger partial charge in [-0.2, -0.15) is 13.2 Å². The van der Waals surface area contributed by atoms with Crippen molar-refractivity contribution < 1.29 is 32.2 Å². The Morgan fingerprint density at radius 2 is 1.95 bits per heavy atom. The Kier molecular flexibility index (Phi) is 3.67. The molecule has 2 N–H and O–H groups in total. The maximum atomic E-state index is 12.3. The van der Waals surface area contributed by atoms with Gasteiger partial charge >= 0.3 is 12.1 Å². The fourth-order valence-electron chi connectivity index (χ4n) is 2.36. The lowest BCUT2D eigenvalue weighted by Gasteiger charge is -2.46.